The summed E-state index contributed by atoms with van der Waals surface area (Å²) in [7, 11) is 0. The van der Waals surface area contributed by atoms with E-state index in [9.17, 15) is 19.2 Å². The number of nitrogens with zero attached hydrogens (tertiary/aromatic N) is 1. The maximum atomic E-state index is 12.9. The van der Waals surface area contributed by atoms with E-state index in [0.29, 0.717) is 22.1 Å². The van der Waals surface area contributed by atoms with E-state index in [-0.39, 0.29) is 35.8 Å². The summed E-state index contributed by atoms with van der Waals surface area (Å²) >= 11 is 5.82. The molecule has 0 aliphatic carbocycles. The van der Waals surface area contributed by atoms with Crippen LogP contribution in [0.15, 0.2) is 66.7 Å². The van der Waals surface area contributed by atoms with Gasteiger partial charge in [0.1, 0.15) is 19.0 Å². The number of rotatable bonds is 7. The highest BCUT2D eigenvalue weighted by molar-refractivity contribution is 6.34. The molecule has 3 aromatic carbocycles. The summed E-state index contributed by atoms with van der Waals surface area (Å²) in [5, 5.41) is 3.21. The van der Waals surface area contributed by atoms with E-state index in [1.165, 1.54) is 25.1 Å². The smallest absolute Gasteiger partial charge is 0.338 e. The molecule has 1 aliphatic heterocycles. The molecule has 172 valence electrons. The Hall–Kier alpha value is -4.17. The molecule has 34 heavy (non-hydrogen) atoms. The van der Waals surface area contributed by atoms with Crippen LogP contribution in [0.4, 0.5) is 11.4 Å². The Balaban J connectivity index is 1.40. The molecule has 0 unspecified atom stereocenters. The number of fused-ring (bicyclic) bond motifs is 1. The summed E-state index contributed by atoms with van der Waals surface area (Å²) in [5.41, 5.74) is 1.34. The number of ether oxygens (including phenoxy) is 2. The molecular weight excluding hydrogens is 460 g/mol. The van der Waals surface area contributed by atoms with Crippen LogP contribution >= 0.6 is 11.6 Å². The normalized spacial score (nSPS) is 12.4. The molecular formula is C25H19ClN2O6. The second-order valence-electron chi connectivity index (χ2n) is 7.37. The van der Waals surface area contributed by atoms with Crippen molar-refractivity contribution < 1.29 is 28.7 Å². The molecule has 0 atom stereocenters. The van der Waals surface area contributed by atoms with Crippen LogP contribution in [0.3, 0.4) is 0 Å². The number of imide groups is 1. The van der Waals surface area contributed by atoms with Crippen molar-refractivity contribution in [3.05, 3.63) is 88.4 Å². The molecule has 0 aromatic heterocycles. The predicted octanol–water partition coefficient (Wildman–Crippen LogP) is 4.33. The number of halogens is 1. The lowest BCUT2D eigenvalue weighted by Gasteiger charge is -2.14. The van der Waals surface area contributed by atoms with Gasteiger partial charge in [-0.2, -0.15) is 0 Å². The summed E-state index contributed by atoms with van der Waals surface area (Å²) in [6.07, 6.45) is 0. The minimum Gasteiger partial charge on any atom is -0.490 e. The largest absolute Gasteiger partial charge is 0.490 e. The fourth-order valence-corrected chi connectivity index (χ4v) is 3.53. The minimum absolute atomic E-state index is 0.00179. The molecule has 0 spiro atoms. The highest BCUT2D eigenvalue weighted by Crippen LogP contribution is 2.30. The van der Waals surface area contributed by atoms with Crippen LogP contribution in [-0.2, 0) is 9.53 Å². The molecule has 0 radical (unpaired) electrons. The van der Waals surface area contributed by atoms with Gasteiger partial charge in [-0.3, -0.25) is 14.4 Å². The zero-order valence-corrected chi connectivity index (χ0v) is 18.8. The number of carbonyl (C=O) groups is 4. The average molecular weight is 479 g/mol. The highest BCUT2D eigenvalue weighted by atomic mass is 35.5. The first-order chi connectivity index (χ1) is 16.3. The minimum atomic E-state index is -0.638. The number of benzene rings is 3. The van der Waals surface area contributed by atoms with Gasteiger partial charge in [0.25, 0.3) is 11.8 Å². The Morgan fingerprint density at radius 2 is 1.56 bits per heavy atom. The number of hydrogen-bond donors (Lipinski definition) is 1. The highest BCUT2D eigenvalue weighted by Gasteiger charge is 2.37. The van der Waals surface area contributed by atoms with Gasteiger partial charge in [0.2, 0.25) is 5.91 Å². The standard InChI is InChI=1S/C25H19ClN2O6/c1-15(29)27-18-5-7-19(8-6-18)28-23(30)21-11-2-16(14-22(21)24(28)31)25(32)34-13-12-33-20-9-3-17(26)4-10-20/h2-11,14H,12-13H2,1H3,(H,27,29). The van der Waals surface area contributed by atoms with E-state index in [0.717, 1.165) is 4.90 Å². The van der Waals surface area contributed by atoms with Crippen LogP contribution in [0.25, 0.3) is 0 Å². The fraction of sp³-hybridized carbons (Fsp3) is 0.120. The fourth-order valence-electron chi connectivity index (χ4n) is 3.41. The summed E-state index contributed by atoms with van der Waals surface area (Å²) in [4.78, 5) is 50.4. The molecule has 3 amide bonds. The number of carbonyl (C=O) groups excluding carboxylic acids is 4. The van der Waals surface area contributed by atoms with Crippen LogP contribution in [-0.4, -0.2) is 36.9 Å². The molecule has 0 bridgehead atoms. The molecule has 3 aromatic rings. The lowest BCUT2D eigenvalue weighted by molar-refractivity contribution is -0.114. The van der Waals surface area contributed by atoms with E-state index in [1.54, 1.807) is 48.5 Å². The Kier molecular flexibility index (Phi) is 6.60. The van der Waals surface area contributed by atoms with Crippen LogP contribution < -0.4 is 15.0 Å². The summed E-state index contributed by atoms with van der Waals surface area (Å²) < 4.78 is 10.7. The van der Waals surface area contributed by atoms with Gasteiger partial charge < -0.3 is 14.8 Å². The van der Waals surface area contributed by atoms with Crippen LogP contribution in [0.2, 0.25) is 5.02 Å². The second-order valence-corrected chi connectivity index (χ2v) is 7.81. The van der Waals surface area contributed by atoms with E-state index >= 15 is 0 Å². The van der Waals surface area contributed by atoms with Crippen LogP contribution in [0.1, 0.15) is 38.0 Å². The second kappa shape index (κ2) is 9.76. The zero-order valence-electron chi connectivity index (χ0n) is 18.0. The molecule has 8 nitrogen and oxygen atoms in total. The maximum Gasteiger partial charge on any atom is 0.338 e. The first-order valence-corrected chi connectivity index (χ1v) is 10.7. The quantitative estimate of drug-likeness (QED) is 0.308. The molecule has 4 rings (SSSR count). The van der Waals surface area contributed by atoms with Gasteiger partial charge in [-0.15, -0.1) is 0 Å². The van der Waals surface area contributed by atoms with E-state index in [4.69, 9.17) is 21.1 Å². The van der Waals surface area contributed by atoms with Gasteiger partial charge in [-0.1, -0.05) is 11.6 Å². The first-order valence-electron chi connectivity index (χ1n) is 10.3. The van der Waals surface area contributed by atoms with E-state index in [1.807, 2.05) is 0 Å². The van der Waals surface area contributed by atoms with E-state index in [2.05, 4.69) is 5.32 Å². The van der Waals surface area contributed by atoms with Crippen molar-refractivity contribution in [2.75, 3.05) is 23.4 Å². The molecule has 0 saturated heterocycles. The van der Waals surface area contributed by atoms with Crippen LogP contribution in [0, 0.1) is 0 Å². The van der Waals surface area contributed by atoms with Crippen molar-refractivity contribution in [3.63, 3.8) is 0 Å². The number of anilines is 2. The number of hydrogen-bond acceptors (Lipinski definition) is 6. The SMILES string of the molecule is CC(=O)Nc1ccc(N2C(=O)c3ccc(C(=O)OCCOc4ccc(Cl)cc4)cc3C2=O)cc1. The molecule has 0 fully saturated rings. The van der Waals surface area contributed by atoms with Crippen molar-refractivity contribution in [3.8, 4) is 5.75 Å². The molecule has 1 N–H and O–H groups in total. The van der Waals surface area contributed by atoms with Gasteiger partial charge in [0, 0.05) is 17.6 Å². The summed E-state index contributed by atoms with van der Waals surface area (Å²) in [5.74, 6) is -1.32. The summed E-state index contributed by atoms with van der Waals surface area (Å²) in [6.45, 7) is 1.52. The van der Waals surface area contributed by atoms with Gasteiger partial charge in [0.05, 0.1) is 22.4 Å². The Morgan fingerprint density at radius 3 is 2.24 bits per heavy atom. The lowest BCUT2D eigenvalue weighted by atomic mass is 10.1. The Bertz CT molecular complexity index is 1270. The van der Waals surface area contributed by atoms with Crippen molar-refractivity contribution >= 4 is 46.7 Å². The van der Waals surface area contributed by atoms with Crippen molar-refractivity contribution in [1.82, 2.24) is 0 Å². The number of amides is 3. The summed E-state index contributed by atoms with van der Waals surface area (Å²) in [6, 6.07) is 17.3. The number of esters is 1. The third-order valence-corrected chi connectivity index (χ3v) is 5.22. The van der Waals surface area contributed by atoms with Gasteiger partial charge in [0.15, 0.2) is 0 Å². The topological polar surface area (TPSA) is 102 Å². The van der Waals surface area contributed by atoms with Gasteiger partial charge in [-0.05, 0) is 66.7 Å². The van der Waals surface area contributed by atoms with Crippen molar-refractivity contribution in [2.24, 2.45) is 0 Å². The van der Waals surface area contributed by atoms with Crippen molar-refractivity contribution in [1.29, 1.82) is 0 Å². The van der Waals surface area contributed by atoms with Gasteiger partial charge in [-0.25, -0.2) is 9.69 Å². The maximum absolute atomic E-state index is 12.9. The predicted molar refractivity (Wildman–Crippen MR) is 126 cm³/mol. The molecule has 1 heterocycles. The van der Waals surface area contributed by atoms with Crippen molar-refractivity contribution in [2.45, 2.75) is 6.92 Å². The Labute approximate surface area is 200 Å². The van der Waals surface area contributed by atoms with E-state index < -0.39 is 17.8 Å². The third-order valence-electron chi connectivity index (χ3n) is 4.97. The Morgan fingerprint density at radius 1 is 0.882 bits per heavy atom. The molecule has 1 aliphatic rings. The third kappa shape index (κ3) is 4.92. The van der Waals surface area contributed by atoms with Crippen LogP contribution in [0.5, 0.6) is 5.75 Å². The first kappa shape index (κ1) is 23.0. The van der Waals surface area contributed by atoms with Gasteiger partial charge >= 0.3 is 5.97 Å². The zero-order chi connectivity index (χ0) is 24.2. The number of nitrogens with one attached hydrogen (secondary N) is 1. The monoisotopic (exact) mass is 478 g/mol. The molecule has 9 heteroatoms. The lowest BCUT2D eigenvalue weighted by Crippen LogP contribution is -2.29. The molecule has 0 saturated carbocycles. The average Bonchev–Trinajstić information content (AvgIpc) is 3.07.